The molecule has 1 unspecified atom stereocenters. The summed E-state index contributed by atoms with van der Waals surface area (Å²) in [5.41, 5.74) is 0.354. The van der Waals surface area contributed by atoms with E-state index < -0.39 is 0 Å². The van der Waals surface area contributed by atoms with E-state index in [0.29, 0.717) is 11.4 Å². The predicted molar refractivity (Wildman–Crippen MR) is 75.6 cm³/mol. The Morgan fingerprint density at radius 1 is 1.26 bits per heavy atom. The minimum Gasteiger partial charge on any atom is -0.504 e. The molecule has 2 aromatic rings. The van der Waals surface area contributed by atoms with Crippen molar-refractivity contribution in [3.8, 4) is 23.0 Å². The number of aromatic hydroxyl groups is 2. The first-order chi connectivity index (χ1) is 9.25. The molecule has 5 nitrogen and oxygen atoms in total. The van der Waals surface area contributed by atoms with Crippen LogP contribution in [0.5, 0.6) is 11.5 Å². The number of aromatic nitrogens is 2. The van der Waals surface area contributed by atoms with Crippen molar-refractivity contribution in [2.75, 3.05) is 17.3 Å². The van der Waals surface area contributed by atoms with Crippen LogP contribution in [-0.2, 0) is 0 Å². The van der Waals surface area contributed by atoms with Gasteiger partial charge in [0, 0.05) is 17.3 Å². The summed E-state index contributed by atoms with van der Waals surface area (Å²) in [5.74, 6) is 3.66. The van der Waals surface area contributed by atoms with E-state index in [1.807, 2.05) is 23.5 Å². The number of thioether (sulfide) groups is 2. The van der Waals surface area contributed by atoms with Crippen LogP contribution in [-0.4, -0.2) is 37.6 Å². The Labute approximate surface area is 118 Å². The van der Waals surface area contributed by atoms with Gasteiger partial charge in [0.05, 0.1) is 10.8 Å². The van der Waals surface area contributed by atoms with Crippen molar-refractivity contribution in [1.82, 2.24) is 10.1 Å². The number of nitrogens with zero attached hydrogens (tertiary/aromatic N) is 2. The van der Waals surface area contributed by atoms with Gasteiger partial charge in [-0.25, -0.2) is 0 Å². The van der Waals surface area contributed by atoms with E-state index in [1.54, 1.807) is 12.1 Å². The van der Waals surface area contributed by atoms with Gasteiger partial charge in [0.25, 0.3) is 5.89 Å². The second kappa shape index (κ2) is 5.34. The normalized spacial score (nSPS) is 19.5. The van der Waals surface area contributed by atoms with E-state index in [4.69, 9.17) is 4.52 Å². The highest BCUT2D eigenvalue weighted by Gasteiger charge is 2.23. The molecule has 0 aliphatic carbocycles. The fraction of sp³-hybridized carbons (Fsp3) is 0.333. The van der Waals surface area contributed by atoms with E-state index >= 15 is 0 Å². The second-order valence-corrected chi connectivity index (χ2v) is 6.53. The molecule has 19 heavy (non-hydrogen) atoms. The van der Waals surface area contributed by atoms with Crippen molar-refractivity contribution >= 4 is 23.5 Å². The fourth-order valence-corrected chi connectivity index (χ4v) is 4.40. The Morgan fingerprint density at radius 2 is 2.16 bits per heavy atom. The first kappa shape index (κ1) is 12.7. The monoisotopic (exact) mass is 296 g/mol. The number of hydrogen-bond donors (Lipinski definition) is 2. The van der Waals surface area contributed by atoms with Crippen molar-refractivity contribution in [3.63, 3.8) is 0 Å². The summed E-state index contributed by atoms with van der Waals surface area (Å²) in [4.78, 5) is 4.32. The molecule has 1 atom stereocenters. The summed E-state index contributed by atoms with van der Waals surface area (Å²) in [7, 11) is 0. The maximum atomic E-state index is 9.78. The lowest BCUT2D eigenvalue weighted by molar-refractivity contribution is 0.396. The molecular weight excluding hydrogens is 284 g/mol. The number of phenols is 2. The zero-order valence-electron chi connectivity index (χ0n) is 9.94. The summed E-state index contributed by atoms with van der Waals surface area (Å²) >= 11 is 3.69. The van der Waals surface area contributed by atoms with Crippen LogP contribution in [0.1, 0.15) is 11.1 Å². The molecule has 1 aromatic carbocycles. The molecule has 1 aromatic heterocycles. The highest BCUT2D eigenvalue weighted by atomic mass is 32.2. The molecule has 1 aliphatic rings. The molecule has 3 rings (SSSR count). The highest BCUT2D eigenvalue weighted by Crippen LogP contribution is 2.38. The number of hydrogen-bond acceptors (Lipinski definition) is 7. The Bertz CT molecular complexity index is 582. The minimum absolute atomic E-state index is 0.195. The molecule has 2 heterocycles. The van der Waals surface area contributed by atoms with E-state index in [9.17, 15) is 10.2 Å². The van der Waals surface area contributed by atoms with Crippen LogP contribution >= 0.6 is 23.5 Å². The maximum Gasteiger partial charge on any atom is 0.261 e. The summed E-state index contributed by atoms with van der Waals surface area (Å²) in [6, 6.07) is 4.67. The maximum absolute atomic E-state index is 9.78. The van der Waals surface area contributed by atoms with Crippen LogP contribution in [0.25, 0.3) is 11.5 Å². The zero-order valence-corrected chi connectivity index (χ0v) is 11.6. The number of phenolic OH excluding ortho intramolecular Hbond substituents is 2. The topological polar surface area (TPSA) is 79.4 Å². The van der Waals surface area contributed by atoms with Crippen molar-refractivity contribution in [3.05, 3.63) is 24.0 Å². The van der Waals surface area contributed by atoms with Gasteiger partial charge in [-0.3, -0.25) is 0 Å². The van der Waals surface area contributed by atoms with Gasteiger partial charge in [-0.15, -0.1) is 11.8 Å². The molecule has 0 bridgehead atoms. The van der Waals surface area contributed by atoms with Crippen LogP contribution in [0.3, 0.4) is 0 Å². The molecule has 0 amide bonds. The van der Waals surface area contributed by atoms with Crippen molar-refractivity contribution in [2.24, 2.45) is 0 Å². The predicted octanol–water partition coefficient (Wildman–Crippen LogP) is 2.67. The third-order valence-electron chi connectivity index (χ3n) is 2.79. The van der Waals surface area contributed by atoms with Gasteiger partial charge in [-0.2, -0.15) is 16.7 Å². The summed E-state index contributed by atoms with van der Waals surface area (Å²) in [6.45, 7) is 0. The van der Waals surface area contributed by atoms with E-state index in [-0.39, 0.29) is 22.6 Å². The lowest BCUT2D eigenvalue weighted by Crippen LogP contribution is -2.07. The molecule has 1 saturated heterocycles. The lowest BCUT2D eigenvalue weighted by Gasteiger charge is -2.16. The lowest BCUT2D eigenvalue weighted by atomic mass is 10.2. The number of benzene rings is 1. The third kappa shape index (κ3) is 2.52. The van der Waals surface area contributed by atoms with Crippen molar-refractivity contribution < 1.29 is 14.7 Å². The Morgan fingerprint density at radius 3 is 2.95 bits per heavy atom. The van der Waals surface area contributed by atoms with Gasteiger partial charge < -0.3 is 14.7 Å². The smallest absolute Gasteiger partial charge is 0.261 e. The molecule has 1 fully saturated rings. The SMILES string of the molecule is Oc1cccc(-c2nc(C3CSCCS3)no2)c1O. The van der Waals surface area contributed by atoms with Gasteiger partial charge in [-0.05, 0) is 12.1 Å². The molecular formula is C12H12N2O3S2. The van der Waals surface area contributed by atoms with E-state index in [0.717, 1.165) is 17.3 Å². The standard InChI is InChI=1S/C12H12N2O3S2/c15-8-3-1-2-7(10(8)16)12-13-11(14-17-12)9-6-18-4-5-19-9/h1-3,9,15-16H,4-6H2. The first-order valence-electron chi connectivity index (χ1n) is 5.80. The van der Waals surface area contributed by atoms with Crippen LogP contribution in [0.4, 0.5) is 0 Å². The van der Waals surface area contributed by atoms with Gasteiger partial charge in [0.1, 0.15) is 0 Å². The largest absolute Gasteiger partial charge is 0.504 e. The fourth-order valence-electron chi connectivity index (χ4n) is 1.82. The Balaban J connectivity index is 1.90. The molecule has 7 heteroatoms. The minimum atomic E-state index is -0.233. The average Bonchev–Trinajstić information content (AvgIpc) is 2.92. The van der Waals surface area contributed by atoms with Crippen LogP contribution < -0.4 is 0 Å². The van der Waals surface area contributed by atoms with Gasteiger partial charge in [0.15, 0.2) is 17.3 Å². The first-order valence-corrected chi connectivity index (χ1v) is 8.00. The Kier molecular flexibility index (Phi) is 3.56. The van der Waals surface area contributed by atoms with Gasteiger partial charge in [-0.1, -0.05) is 11.2 Å². The van der Waals surface area contributed by atoms with Gasteiger partial charge in [0.2, 0.25) is 0 Å². The summed E-state index contributed by atoms with van der Waals surface area (Å²) in [6.07, 6.45) is 0. The van der Waals surface area contributed by atoms with Crippen LogP contribution in [0.15, 0.2) is 22.7 Å². The Hall–Kier alpha value is -1.34. The number of rotatable bonds is 2. The van der Waals surface area contributed by atoms with Crippen LogP contribution in [0, 0.1) is 0 Å². The molecule has 0 saturated carbocycles. The molecule has 0 radical (unpaired) electrons. The van der Waals surface area contributed by atoms with Crippen molar-refractivity contribution in [2.45, 2.75) is 5.25 Å². The van der Waals surface area contributed by atoms with E-state index in [2.05, 4.69) is 10.1 Å². The highest BCUT2D eigenvalue weighted by molar-refractivity contribution is 8.06. The molecule has 100 valence electrons. The van der Waals surface area contributed by atoms with Gasteiger partial charge >= 0.3 is 0 Å². The summed E-state index contributed by atoms with van der Waals surface area (Å²) < 4.78 is 5.18. The molecule has 2 N–H and O–H groups in total. The van der Waals surface area contributed by atoms with Crippen LogP contribution in [0.2, 0.25) is 0 Å². The third-order valence-corrected chi connectivity index (χ3v) is 5.54. The number of para-hydroxylation sites is 1. The van der Waals surface area contributed by atoms with E-state index in [1.165, 1.54) is 6.07 Å². The second-order valence-electron chi connectivity index (χ2n) is 4.07. The molecule has 1 aliphatic heterocycles. The molecule has 0 spiro atoms. The zero-order chi connectivity index (χ0) is 13.2. The van der Waals surface area contributed by atoms with Crippen molar-refractivity contribution in [1.29, 1.82) is 0 Å². The summed E-state index contributed by atoms with van der Waals surface area (Å²) in [5, 5.41) is 23.5. The quantitative estimate of drug-likeness (QED) is 0.825. The average molecular weight is 296 g/mol.